The molecule has 0 bridgehead atoms. The summed E-state index contributed by atoms with van der Waals surface area (Å²) in [6, 6.07) is 7.10. The van der Waals surface area contributed by atoms with Gasteiger partial charge in [0.1, 0.15) is 6.61 Å². The Morgan fingerprint density at radius 1 is 0.885 bits per heavy atom. The number of benzene rings is 1. The first-order valence-electron chi connectivity index (χ1n) is 9.66. The van der Waals surface area contributed by atoms with Crippen molar-refractivity contribution in [2.24, 2.45) is 0 Å². The number of ketones is 1. The van der Waals surface area contributed by atoms with Crippen molar-refractivity contribution >= 4 is 16.2 Å². The maximum absolute atomic E-state index is 11.7. The molecule has 1 aromatic carbocycles. The van der Waals surface area contributed by atoms with E-state index in [4.69, 9.17) is 4.55 Å². The predicted octanol–water partition coefficient (Wildman–Crippen LogP) is 5.15. The van der Waals surface area contributed by atoms with E-state index in [1.165, 1.54) is 57.8 Å². The predicted molar refractivity (Wildman–Crippen MR) is 104 cm³/mol. The molecule has 0 amide bonds. The van der Waals surface area contributed by atoms with E-state index in [1.807, 2.05) is 12.1 Å². The summed E-state index contributed by atoms with van der Waals surface area (Å²) >= 11 is 0. The molecule has 0 atom stereocenters. The Kier molecular flexibility index (Phi) is 11.4. The van der Waals surface area contributed by atoms with Crippen molar-refractivity contribution in [1.82, 2.24) is 0 Å². The molecule has 0 saturated heterocycles. The fourth-order valence-corrected chi connectivity index (χ4v) is 3.14. The van der Waals surface area contributed by atoms with Gasteiger partial charge in [-0.25, -0.2) is 4.18 Å². The molecule has 0 spiro atoms. The Labute approximate surface area is 158 Å². The van der Waals surface area contributed by atoms with Gasteiger partial charge in [-0.3, -0.25) is 9.35 Å². The molecule has 5 nitrogen and oxygen atoms in total. The third kappa shape index (κ3) is 11.4. The summed E-state index contributed by atoms with van der Waals surface area (Å²) in [5.41, 5.74) is 1.54. The van der Waals surface area contributed by atoms with Crippen LogP contribution in [0.5, 0.6) is 0 Å². The fourth-order valence-electron chi connectivity index (χ4n) is 2.89. The van der Waals surface area contributed by atoms with Gasteiger partial charge in [-0.1, -0.05) is 89.0 Å². The second kappa shape index (κ2) is 13.0. The molecular formula is C20H32O5S. The molecule has 0 saturated carbocycles. The quantitative estimate of drug-likeness (QED) is 0.257. The van der Waals surface area contributed by atoms with Crippen molar-refractivity contribution in [2.75, 3.05) is 6.61 Å². The number of hydrogen-bond donors (Lipinski definition) is 1. The highest BCUT2D eigenvalue weighted by Crippen LogP contribution is 2.13. The van der Waals surface area contributed by atoms with Gasteiger partial charge in [0.2, 0.25) is 0 Å². The van der Waals surface area contributed by atoms with E-state index in [2.05, 4.69) is 11.1 Å². The zero-order valence-electron chi connectivity index (χ0n) is 15.8. The van der Waals surface area contributed by atoms with Crippen molar-refractivity contribution in [3.05, 3.63) is 35.4 Å². The van der Waals surface area contributed by atoms with Crippen LogP contribution in [0.25, 0.3) is 0 Å². The lowest BCUT2D eigenvalue weighted by Gasteiger charge is -2.05. The van der Waals surface area contributed by atoms with Crippen LogP contribution in [0.2, 0.25) is 0 Å². The van der Waals surface area contributed by atoms with Gasteiger partial charge in [0.15, 0.2) is 5.78 Å². The van der Waals surface area contributed by atoms with Gasteiger partial charge >= 0.3 is 10.4 Å². The third-order valence-corrected chi connectivity index (χ3v) is 4.85. The zero-order valence-corrected chi connectivity index (χ0v) is 16.6. The molecule has 1 aromatic rings. The standard InChI is InChI=1S/C20H32O5S/c1-2-3-4-5-6-7-8-9-10-11-12-18-13-15-19(16-14-18)20(21)17-25-26(22,23)24/h13-16H,2-12,17H2,1H3,(H,22,23,24). The average Bonchev–Trinajstić information content (AvgIpc) is 2.61. The van der Waals surface area contributed by atoms with Crippen LogP contribution in [0, 0.1) is 0 Å². The summed E-state index contributed by atoms with van der Waals surface area (Å²) in [5.74, 6) is -0.479. The third-order valence-electron chi connectivity index (χ3n) is 4.43. The highest BCUT2D eigenvalue weighted by molar-refractivity contribution is 7.80. The highest BCUT2D eigenvalue weighted by atomic mass is 32.3. The minimum atomic E-state index is -4.58. The maximum atomic E-state index is 11.7. The summed E-state index contributed by atoms with van der Waals surface area (Å²) < 4.78 is 33.5. The lowest BCUT2D eigenvalue weighted by Crippen LogP contribution is -2.13. The van der Waals surface area contributed by atoms with Crippen LogP contribution in [0.4, 0.5) is 0 Å². The van der Waals surface area contributed by atoms with Crippen LogP contribution in [0.3, 0.4) is 0 Å². The second-order valence-electron chi connectivity index (χ2n) is 6.74. The molecule has 0 heterocycles. The van der Waals surface area contributed by atoms with Crippen molar-refractivity contribution in [1.29, 1.82) is 0 Å². The molecule has 6 heteroatoms. The van der Waals surface area contributed by atoms with Crippen molar-refractivity contribution < 1.29 is 21.9 Å². The van der Waals surface area contributed by atoms with E-state index >= 15 is 0 Å². The minimum absolute atomic E-state index is 0.375. The fraction of sp³-hybridized carbons (Fsp3) is 0.650. The van der Waals surface area contributed by atoms with E-state index in [0.717, 1.165) is 18.4 Å². The largest absolute Gasteiger partial charge is 0.397 e. The van der Waals surface area contributed by atoms with Crippen LogP contribution in [-0.2, 0) is 21.0 Å². The normalized spacial score (nSPS) is 11.6. The average molecular weight is 385 g/mol. The smallest absolute Gasteiger partial charge is 0.291 e. The first kappa shape index (κ1) is 22.8. The van der Waals surface area contributed by atoms with Gasteiger partial charge < -0.3 is 0 Å². The van der Waals surface area contributed by atoms with E-state index < -0.39 is 22.8 Å². The summed E-state index contributed by atoms with van der Waals surface area (Å²) in [4.78, 5) is 11.7. The molecule has 26 heavy (non-hydrogen) atoms. The number of carbonyl (C=O) groups is 1. The Bertz CT molecular complexity index is 608. The monoisotopic (exact) mass is 384 g/mol. The molecule has 0 aliphatic carbocycles. The van der Waals surface area contributed by atoms with Gasteiger partial charge in [-0.15, -0.1) is 0 Å². The van der Waals surface area contributed by atoms with E-state index in [-0.39, 0.29) is 0 Å². The summed E-state index contributed by atoms with van der Waals surface area (Å²) in [6.45, 7) is 1.56. The van der Waals surface area contributed by atoms with Crippen LogP contribution >= 0.6 is 0 Å². The van der Waals surface area contributed by atoms with E-state index in [1.54, 1.807) is 12.1 Å². The lowest BCUT2D eigenvalue weighted by molar-refractivity contribution is 0.0914. The van der Waals surface area contributed by atoms with Crippen LogP contribution in [0.15, 0.2) is 24.3 Å². The summed E-state index contributed by atoms with van der Waals surface area (Å²) in [5, 5.41) is 0. The minimum Gasteiger partial charge on any atom is -0.291 e. The molecule has 0 unspecified atom stereocenters. The van der Waals surface area contributed by atoms with Crippen LogP contribution in [-0.4, -0.2) is 25.4 Å². The number of Topliss-reactive ketones (excluding diaryl/α,β-unsaturated/α-hetero) is 1. The van der Waals surface area contributed by atoms with Gasteiger partial charge in [-0.2, -0.15) is 8.42 Å². The number of unbranched alkanes of at least 4 members (excludes halogenated alkanes) is 9. The number of hydrogen-bond acceptors (Lipinski definition) is 4. The molecule has 0 fully saturated rings. The Morgan fingerprint density at radius 3 is 1.88 bits per heavy atom. The maximum Gasteiger partial charge on any atom is 0.397 e. The highest BCUT2D eigenvalue weighted by Gasteiger charge is 2.11. The van der Waals surface area contributed by atoms with Crippen molar-refractivity contribution in [2.45, 2.75) is 77.6 Å². The van der Waals surface area contributed by atoms with Crippen molar-refractivity contribution in [3.8, 4) is 0 Å². The van der Waals surface area contributed by atoms with Crippen LogP contribution < -0.4 is 0 Å². The summed E-state index contributed by atoms with van der Waals surface area (Å²) in [6.07, 6.45) is 14.0. The molecular weight excluding hydrogens is 352 g/mol. The van der Waals surface area contributed by atoms with Crippen molar-refractivity contribution in [3.63, 3.8) is 0 Å². The number of carbonyl (C=O) groups excluding carboxylic acids is 1. The topological polar surface area (TPSA) is 80.7 Å². The molecule has 1 rings (SSSR count). The van der Waals surface area contributed by atoms with Gasteiger partial charge in [0.25, 0.3) is 0 Å². The first-order chi connectivity index (χ1) is 12.4. The molecule has 0 radical (unpaired) electrons. The Balaban J connectivity index is 2.14. The Hall–Kier alpha value is -1.24. The molecule has 148 valence electrons. The van der Waals surface area contributed by atoms with Gasteiger partial charge in [0.05, 0.1) is 0 Å². The lowest BCUT2D eigenvalue weighted by atomic mass is 10.0. The summed E-state index contributed by atoms with van der Waals surface area (Å²) in [7, 11) is -4.58. The molecule has 1 N–H and O–H groups in total. The van der Waals surface area contributed by atoms with Gasteiger partial charge in [0, 0.05) is 5.56 Å². The number of aryl methyl sites for hydroxylation is 1. The van der Waals surface area contributed by atoms with E-state index in [0.29, 0.717) is 5.56 Å². The van der Waals surface area contributed by atoms with E-state index in [9.17, 15) is 13.2 Å². The number of rotatable bonds is 15. The van der Waals surface area contributed by atoms with Crippen LogP contribution in [0.1, 0.15) is 87.1 Å². The second-order valence-corrected chi connectivity index (χ2v) is 7.83. The zero-order chi connectivity index (χ0) is 19.3. The first-order valence-corrected chi connectivity index (χ1v) is 11.0. The van der Waals surface area contributed by atoms with Gasteiger partial charge in [-0.05, 0) is 18.4 Å². The Morgan fingerprint density at radius 2 is 1.38 bits per heavy atom. The molecule has 0 aliphatic heterocycles. The molecule has 0 aliphatic rings. The SMILES string of the molecule is CCCCCCCCCCCCc1ccc(C(=O)COS(=O)(=O)O)cc1. The molecule has 0 aromatic heterocycles.